The van der Waals surface area contributed by atoms with Gasteiger partial charge in [-0.15, -0.1) is 0 Å². The maximum atomic E-state index is 11.9. The van der Waals surface area contributed by atoms with E-state index < -0.39 is 0 Å². The normalized spacial score (nSPS) is 31.2. The number of piperidine rings is 2. The molecule has 2 atom stereocenters. The molecule has 2 unspecified atom stereocenters. The summed E-state index contributed by atoms with van der Waals surface area (Å²) in [6.07, 6.45) is 4.52. The molecular weight excluding hydrogens is 204 g/mol. The monoisotopic (exact) mass is 226 g/mol. The maximum Gasteiger partial charge on any atom is 0.410 e. The van der Waals surface area contributed by atoms with Crippen LogP contribution in [0.2, 0.25) is 0 Å². The largest absolute Gasteiger partial charge is 0.444 e. The summed E-state index contributed by atoms with van der Waals surface area (Å²) >= 11 is 0. The molecular formula is C12H22N2O2. The van der Waals surface area contributed by atoms with E-state index in [0.29, 0.717) is 5.92 Å². The lowest BCUT2D eigenvalue weighted by molar-refractivity contribution is 0.0241. The Morgan fingerprint density at radius 3 is 2.75 bits per heavy atom. The number of nitrogens with zero attached hydrogens (tertiary/aromatic N) is 1. The summed E-state index contributed by atoms with van der Waals surface area (Å²) in [5.74, 6) is 0.481. The minimum absolute atomic E-state index is 0.0585. The van der Waals surface area contributed by atoms with E-state index in [2.05, 4.69) is 12.2 Å². The number of nitrogens with one attached hydrogen (secondary N) is 1. The predicted molar refractivity (Wildman–Crippen MR) is 62.3 cm³/mol. The first-order valence-electron chi connectivity index (χ1n) is 6.43. The molecule has 2 fully saturated rings. The molecule has 0 saturated carbocycles. The van der Waals surface area contributed by atoms with Crippen LogP contribution in [-0.2, 0) is 4.74 Å². The Labute approximate surface area is 97.3 Å². The lowest BCUT2D eigenvalue weighted by atomic mass is 9.97. The minimum atomic E-state index is -0.111. The van der Waals surface area contributed by atoms with Crippen molar-refractivity contribution in [3.05, 3.63) is 0 Å². The van der Waals surface area contributed by atoms with Crippen molar-refractivity contribution in [3.63, 3.8) is 0 Å². The fourth-order valence-corrected chi connectivity index (χ4v) is 2.40. The van der Waals surface area contributed by atoms with E-state index in [1.54, 1.807) is 0 Å². The van der Waals surface area contributed by atoms with Gasteiger partial charge in [0.05, 0.1) is 0 Å². The zero-order chi connectivity index (χ0) is 11.4. The van der Waals surface area contributed by atoms with Gasteiger partial charge >= 0.3 is 6.09 Å². The highest BCUT2D eigenvalue weighted by atomic mass is 16.6. The van der Waals surface area contributed by atoms with Gasteiger partial charge in [-0.25, -0.2) is 4.79 Å². The third kappa shape index (κ3) is 2.88. The third-order valence-corrected chi connectivity index (χ3v) is 3.62. The number of hydrogen-bond donors (Lipinski definition) is 1. The van der Waals surface area contributed by atoms with Gasteiger partial charge in [0.25, 0.3) is 0 Å². The first-order valence-corrected chi connectivity index (χ1v) is 6.43. The fraction of sp³-hybridized carbons (Fsp3) is 0.917. The molecule has 0 radical (unpaired) electrons. The molecule has 0 aromatic heterocycles. The number of likely N-dealkylation sites (tertiary alicyclic amines) is 1. The number of rotatable bonds is 1. The van der Waals surface area contributed by atoms with Crippen molar-refractivity contribution >= 4 is 6.09 Å². The van der Waals surface area contributed by atoms with Crippen LogP contribution in [0, 0.1) is 5.92 Å². The van der Waals surface area contributed by atoms with Gasteiger partial charge in [-0.2, -0.15) is 0 Å². The lowest BCUT2D eigenvalue weighted by Gasteiger charge is -2.32. The molecule has 1 amide bonds. The summed E-state index contributed by atoms with van der Waals surface area (Å²) in [5, 5.41) is 3.28. The van der Waals surface area contributed by atoms with Gasteiger partial charge in [0, 0.05) is 19.6 Å². The summed E-state index contributed by atoms with van der Waals surface area (Å²) in [7, 11) is 0. The van der Waals surface area contributed by atoms with Crippen molar-refractivity contribution < 1.29 is 9.53 Å². The highest BCUT2D eigenvalue weighted by Gasteiger charge is 2.27. The Morgan fingerprint density at radius 1 is 1.31 bits per heavy atom. The molecule has 4 heteroatoms. The molecule has 0 spiro atoms. The standard InChI is InChI=1S/C12H22N2O2/c1-10-5-6-13-9-11(10)16-12(15)14-7-3-2-4-8-14/h10-11,13H,2-9H2,1H3. The van der Waals surface area contributed by atoms with Gasteiger partial charge in [0.15, 0.2) is 0 Å². The number of carbonyl (C=O) groups excluding carboxylic acids is 1. The van der Waals surface area contributed by atoms with Crippen LogP contribution in [0.3, 0.4) is 0 Å². The SMILES string of the molecule is CC1CCNCC1OC(=O)N1CCCCC1. The summed E-state index contributed by atoms with van der Waals surface area (Å²) in [5.41, 5.74) is 0. The van der Waals surface area contributed by atoms with Gasteiger partial charge in [0.1, 0.15) is 6.10 Å². The highest BCUT2D eigenvalue weighted by molar-refractivity contribution is 5.67. The van der Waals surface area contributed by atoms with E-state index in [-0.39, 0.29) is 12.2 Å². The van der Waals surface area contributed by atoms with Crippen molar-refractivity contribution in [2.45, 2.75) is 38.7 Å². The molecule has 2 aliphatic rings. The molecule has 0 bridgehead atoms. The quantitative estimate of drug-likeness (QED) is 0.738. The van der Waals surface area contributed by atoms with Crippen molar-refractivity contribution in [1.29, 1.82) is 0 Å². The Bertz CT molecular complexity index is 239. The van der Waals surface area contributed by atoms with E-state index in [1.165, 1.54) is 6.42 Å². The summed E-state index contributed by atoms with van der Waals surface area (Å²) in [6, 6.07) is 0. The van der Waals surface area contributed by atoms with E-state index in [0.717, 1.165) is 45.4 Å². The molecule has 1 N–H and O–H groups in total. The molecule has 2 rings (SSSR count). The second kappa shape index (κ2) is 5.53. The molecule has 16 heavy (non-hydrogen) atoms. The van der Waals surface area contributed by atoms with Crippen LogP contribution >= 0.6 is 0 Å². The number of ether oxygens (including phenoxy) is 1. The molecule has 2 aliphatic heterocycles. The van der Waals surface area contributed by atoms with E-state index >= 15 is 0 Å². The lowest BCUT2D eigenvalue weighted by Crippen LogP contribution is -2.45. The van der Waals surface area contributed by atoms with Gasteiger partial charge in [-0.05, 0) is 38.1 Å². The molecule has 92 valence electrons. The second-order valence-electron chi connectivity index (χ2n) is 4.94. The zero-order valence-electron chi connectivity index (χ0n) is 10.1. The number of hydrogen-bond acceptors (Lipinski definition) is 3. The smallest absolute Gasteiger partial charge is 0.410 e. The van der Waals surface area contributed by atoms with Crippen LogP contribution in [0.4, 0.5) is 4.79 Å². The third-order valence-electron chi connectivity index (χ3n) is 3.62. The van der Waals surface area contributed by atoms with Gasteiger partial charge < -0.3 is 15.0 Å². The first kappa shape index (κ1) is 11.7. The summed E-state index contributed by atoms with van der Waals surface area (Å²) < 4.78 is 5.57. The van der Waals surface area contributed by atoms with Crippen molar-refractivity contribution in [3.8, 4) is 0 Å². The van der Waals surface area contributed by atoms with Crippen LogP contribution < -0.4 is 5.32 Å². The first-order chi connectivity index (χ1) is 7.77. The van der Waals surface area contributed by atoms with Crippen LogP contribution in [0.1, 0.15) is 32.6 Å². The summed E-state index contributed by atoms with van der Waals surface area (Å²) in [4.78, 5) is 13.7. The molecule has 0 aromatic rings. The molecule has 4 nitrogen and oxygen atoms in total. The molecule has 0 aromatic carbocycles. The number of carbonyl (C=O) groups is 1. The Morgan fingerprint density at radius 2 is 2.06 bits per heavy atom. The van der Waals surface area contributed by atoms with Crippen LogP contribution in [0.15, 0.2) is 0 Å². The van der Waals surface area contributed by atoms with E-state index in [4.69, 9.17) is 4.74 Å². The average molecular weight is 226 g/mol. The Kier molecular flexibility index (Phi) is 4.04. The molecule has 2 heterocycles. The fourth-order valence-electron chi connectivity index (χ4n) is 2.40. The summed E-state index contributed by atoms with van der Waals surface area (Å²) in [6.45, 7) is 5.75. The second-order valence-corrected chi connectivity index (χ2v) is 4.94. The molecule has 2 saturated heterocycles. The zero-order valence-corrected chi connectivity index (χ0v) is 10.1. The highest BCUT2D eigenvalue weighted by Crippen LogP contribution is 2.17. The molecule has 0 aliphatic carbocycles. The average Bonchev–Trinajstić information content (AvgIpc) is 2.33. The van der Waals surface area contributed by atoms with E-state index in [1.807, 2.05) is 4.90 Å². The van der Waals surface area contributed by atoms with Crippen LogP contribution in [0.5, 0.6) is 0 Å². The van der Waals surface area contributed by atoms with Crippen molar-refractivity contribution in [2.75, 3.05) is 26.2 Å². The van der Waals surface area contributed by atoms with Crippen molar-refractivity contribution in [2.24, 2.45) is 5.92 Å². The van der Waals surface area contributed by atoms with Crippen molar-refractivity contribution in [1.82, 2.24) is 10.2 Å². The van der Waals surface area contributed by atoms with Crippen LogP contribution in [0.25, 0.3) is 0 Å². The topological polar surface area (TPSA) is 41.6 Å². The maximum absolute atomic E-state index is 11.9. The van der Waals surface area contributed by atoms with Crippen LogP contribution in [-0.4, -0.2) is 43.3 Å². The number of amides is 1. The van der Waals surface area contributed by atoms with E-state index in [9.17, 15) is 4.79 Å². The minimum Gasteiger partial charge on any atom is -0.444 e. The van der Waals surface area contributed by atoms with Gasteiger partial charge in [0.2, 0.25) is 0 Å². The Balaban J connectivity index is 1.80. The Hall–Kier alpha value is -0.770. The predicted octanol–water partition coefficient (Wildman–Crippen LogP) is 1.61. The van der Waals surface area contributed by atoms with Gasteiger partial charge in [-0.3, -0.25) is 0 Å². The van der Waals surface area contributed by atoms with Gasteiger partial charge in [-0.1, -0.05) is 6.92 Å².